The molecule has 2 heterocycles. The lowest BCUT2D eigenvalue weighted by Gasteiger charge is -2.42. The fourth-order valence-corrected chi connectivity index (χ4v) is 3.56. The van der Waals surface area contributed by atoms with Crippen molar-refractivity contribution < 1.29 is 9.53 Å². The van der Waals surface area contributed by atoms with Crippen LogP contribution in [-0.2, 0) is 9.53 Å². The summed E-state index contributed by atoms with van der Waals surface area (Å²) >= 11 is 0. The first-order valence-corrected chi connectivity index (χ1v) is 8.38. The summed E-state index contributed by atoms with van der Waals surface area (Å²) in [5.41, 5.74) is 0. The Hall–Kier alpha value is -0.0700. The molecule has 5 nitrogen and oxygen atoms in total. The van der Waals surface area contributed by atoms with Gasteiger partial charge in [0.1, 0.15) is 0 Å². The Kier molecular flexibility index (Phi) is 10.7. The number of nitrogens with one attached hydrogen (secondary N) is 1. The van der Waals surface area contributed by atoms with E-state index < -0.39 is 0 Å². The van der Waals surface area contributed by atoms with E-state index >= 15 is 0 Å². The average Bonchev–Trinajstić information content (AvgIpc) is 2.65. The molecule has 1 amide bonds. The molecule has 7 heteroatoms. The maximum absolute atomic E-state index is 13.0. The fourth-order valence-electron chi connectivity index (χ4n) is 3.56. The zero-order chi connectivity index (χ0) is 15.4. The van der Waals surface area contributed by atoms with Gasteiger partial charge >= 0.3 is 0 Å². The Bertz CT molecular complexity index is 340. The minimum absolute atomic E-state index is 0. The third-order valence-corrected chi connectivity index (χ3v) is 4.38. The molecule has 0 aromatic heterocycles. The molecule has 0 radical (unpaired) electrons. The van der Waals surface area contributed by atoms with Crippen molar-refractivity contribution in [3.8, 4) is 0 Å². The molecule has 0 bridgehead atoms. The van der Waals surface area contributed by atoms with Gasteiger partial charge in [-0.3, -0.25) is 9.69 Å². The highest BCUT2D eigenvalue weighted by molar-refractivity contribution is 5.85. The van der Waals surface area contributed by atoms with Crippen molar-refractivity contribution in [2.24, 2.45) is 5.92 Å². The minimum Gasteiger partial charge on any atom is -0.373 e. The summed E-state index contributed by atoms with van der Waals surface area (Å²) in [5, 5.41) is 3.37. The number of hydrogen-bond donors (Lipinski definition) is 1. The quantitative estimate of drug-likeness (QED) is 0.823. The van der Waals surface area contributed by atoms with E-state index in [1.165, 1.54) is 0 Å². The van der Waals surface area contributed by atoms with Gasteiger partial charge in [0, 0.05) is 32.7 Å². The Morgan fingerprint density at radius 2 is 1.70 bits per heavy atom. The van der Waals surface area contributed by atoms with E-state index in [1.807, 2.05) is 0 Å². The number of nitrogens with zero attached hydrogens (tertiary/aromatic N) is 2. The molecule has 2 fully saturated rings. The largest absolute Gasteiger partial charge is 0.373 e. The van der Waals surface area contributed by atoms with Crippen LogP contribution in [0.25, 0.3) is 0 Å². The minimum atomic E-state index is -0.0168. The number of rotatable bonds is 3. The lowest BCUT2D eigenvalue weighted by molar-refractivity contribution is -0.145. The molecule has 3 atom stereocenters. The van der Waals surface area contributed by atoms with Crippen LogP contribution in [0.1, 0.15) is 34.1 Å². The van der Waals surface area contributed by atoms with Crippen LogP contribution in [0.2, 0.25) is 0 Å². The highest BCUT2D eigenvalue weighted by Crippen LogP contribution is 2.20. The second-order valence-electron chi connectivity index (χ2n) is 6.83. The number of halogens is 2. The highest BCUT2D eigenvalue weighted by atomic mass is 35.5. The average molecular weight is 370 g/mol. The summed E-state index contributed by atoms with van der Waals surface area (Å²) in [5.74, 6) is 0.626. The third-order valence-electron chi connectivity index (χ3n) is 4.38. The molecule has 0 spiro atoms. The SMILES string of the molecule is CC1CN(C(C(=O)N2CCCNCC2)C(C)C)CC(C)O1.Cl.Cl. The van der Waals surface area contributed by atoms with Crippen LogP contribution in [0.3, 0.4) is 0 Å². The first kappa shape index (κ1) is 22.9. The van der Waals surface area contributed by atoms with Crippen molar-refractivity contribution in [3.05, 3.63) is 0 Å². The number of ether oxygens (including phenoxy) is 1. The van der Waals surface area contributed by atoms with E-state index in [-0.39, 0.29) is 43.1 Å². The summed E-state index contributed by atoms with van der Waals surface area (Å²) in [6, 6.07) is -0.0168. The molecule has 2 rings (SSSR count). The maximum atomic E-state index is 13.0. The Labute approximate surface area is 153 Å². The van der Waals surface area contributed by atoms with Crippen LogP contribution in [0.4, 0.5) is 0 Å². The molecule has 0 aliphatic carbocycles. The summed E-state index contributed by atoms with van der Waals surface area (Å²) < 4.78 is 5.81. The standard InChI is InChI=1S/C16H31N3O2.2ClH/c1-12(2)15(19-10-13(3)21-14(4)11-19)16(20)18-8-5-6-17-7-9-18;;/h12-15,17H,5-11H2,1-4H3;2*1H. The zero-order valence-electron chi connectivity index (χ0n) is 14.8. The van der Waals surface area contributed by atoms with Gasteiger partial charge in [-0.05, 0) is 32.7 Å². The molecule has 0 aromatic carbocycles. The Morgan fingerprint density at radius 3 is 2.26 bits per heavy atom. The van der Waals surface area contributed by atoms with Crippen molar-refractivity contribution in [1.29, 1.82) is 0 Å². The van der Waals surface area contributed by atoms with E-state index in [1.54, 1.807) is 0 Å². The van der Waals surface area contributed by atoms with Crippen LogP contribution in [0.15, 0.2) is 0 Å². The predicted octanol–water partition coefficient (Wildman–Crippen LogP) is 1.79. The van der Waals surface area contributed by atoms with E-state index in [4.69, 9.17) is 4.74 Å². The third kappa shape index (κ3) is 6.39. The molecule has 3 unspecified atom stereocenters. The normalized spacial score (nSPS) is 27.6. The first-order chi connectivity index (χ1) is 9.99. The maximum Gasteiger partial charge on any atom is 0.240 e. The predicted molar refractivity (Wildman–Crippen MR) is 98.8 cm³/mol. The van der Waals surface area contributed by atoms with E-state index in [0.29, 0.717) is 11.8 Å². The highest BCUT2D eigenvalue weighted by Gasteiger charge is 2.36. The first-order valence-electron chi connectivity index (χ1n) is 8.38. The molecule has 23 heavy (non-hydrogen) atoms. The van der Waals surface area contributed by atoms with Gasteiger partial charge in [-0.2, -0.15) is 0 Å². The van der Waals surface area contributed by atoms with Gasteiger partial charge in [0.25, 0.3) is 0 Å². The van der Waals surface area contributed by atoms with Gasteiger partial charge in [0.05, 0.1) is 18.2 Å². The van der Waals surface area contributed by atoms with E-state index in [9.17, 15) is 4.79 Å². The second-order valence-corrected chi connectivity index (χ2v) is 6.83. The number of hydrogen-bond acceptors (Lipinski definition) is 4. The fraction of sp³-hybridized carbons (Fsp3) is 0.938. The van der Waals surface area contributed by atoms with Crippen molar-refractivity contribution in [3.63, 3.8) is 0 Å². The van der Waals surface area contributed by atoms with Crippen LogP contribution in [-0.4, -0.2) is 73.2 Å². The topological polar surface area (TPSA) is 44.8 Å². The lowest BCUT2D eigenvalue weighted by atomic mass is 9.99. The number of carbonyl (C=O) groups excluding carboxylic acids is 1. The monoisotopic (exact) mass is 369 g/mol. The van der Waals surface area contributed by atoms with Gasteiger partial charge in [-0.1, -0.05) is 13.8 Å². The van der Waals surface area contributed by atoms with Gasteiger partial charge in [-0.15, -0.1) is 24.8 Å². The summed E-state index contributed by atoms with van der Waals surface area (Å²) in [6.45, 7) is 13.8. The molecule has 0 aromatic rings. The number of amides is 1. The lowest BCUT2D eigenvalue weighted by Crippen LogP contribution is -2.58. The Balaban J connectivity index is 0.00000242. The van der Waals surface area contributed by atoms with Gasteiger partial charge in [-0.25, -0.2) is 0 Å². The van der Waals surface area contributed by atoms with E-state index in [0.717, 1.165) is 45.7 Å². The van der Waals surface area contributed by atoms with Crippen LogP contribution >= 0.6 is 24.8 Å². The van der Waals surface area contributed by atoms with Crippen LogP contribution in [0, 0.1) is 5.92 Å². The molecule has 2 aliphatic heterocycles. The van der Waals surface area contributed by atoms with Crippen LogP contribution in [0.5, 0.6) is 0 Å². The molecular formula is C16H33Cl2N3O2. The molecular weight excluding hydrogens is 337 g/mol. The second kappa shape index (κ2) is 10.7. The molecule has 138 valence electrons. The van der Waals surface area contributed by atoms with Gasteiger partial charge < -0.3 is 15.0 Å². The molecule has 0 saturated carbocycles. The van der Waals surface area contributed by atoms with E-state index in [2.05, 4.69) is 42.8 Å². The molecule has 2 saturated heterocycles. The summed E-state index contributed by atoms with van der Waals surface area (Å²) in [4.78, 5) is 17.4. The molecule has 2 aliphatic rings. The van der Waals surface area contributed by atoms with Crippen molar-refractivity contribution in [1.82, 2.24) is 15.1 Å². The molecule has 1 N–H and O–H groups in total. The summed E-state index contributed by atoms with van der Waals surface area (Å²) in [6.07, 6.45) is 1.45. The van der Waals surface area contributed by atoms with Gasteiger partial charge in [0.15, 0.2) is 0 Å². The number of carbonyl (C=O) groups is 1. The van der Waals surface area contributed by atoms with Gasteiger partial charge in [0.2, 0.25) is 5.91 Å². The number of morpholine rings is 1. The smallest absolute Gasteiger partial charge is 0.240 e. The zero-order valence-corrected chi connectivity index (χ0v) is 16.4. The van der Waals surface area contributed by atoms with Crippen molar-refractivity contribution >= 4 is 30.7 Å². The van der Waals surface area contributed by atoms with Crippen molar-refractivity contribution in [2.75, 3.05) is 39.3 Å². The van der Waals surface area contributed by atoms with Crippen LogP contribution < -0.4 is 5.32 Å². The summed E-state index contributed by atoms with van der Waals surface area (Å²) in [7, 11) is 0. The van der Waals surface area contributed by atoms with Crippen molar-refractivity contribution in [2.45, 2.75) is 52.4 Å². The Morgan fingerprint density at radius 1 is 1.09 bits per heavy atom.